The predicted octanol–water partition coefficient (Wildman–Crippen LogP) is 20.5. The highest BCUT2D eigenvalue weighted by Crippen LogP contribution is 2.45. The van der Waals surface area contributed by atoms with Gasteiger partial charge in [-0.2, -0.15) is 0 Å². The second-order valence-electron chi connectivity index (χ2n) is 27.6. The Kier molecular flexibility index (Phi) is 60.3. The molecule has 0 saturated heterocycles. The molecule has 0 aliphatic carbocycles. The topological polar surface area (TPSA) is 237 Å². The van der Waals surface area contributed by atoms with Gasteiger partial charge in [-0.25, -0.2) is 9.13 Å². The quantitative estimate of drug-likeness (QED) is 0.0222. The first-order valence-corrected chi connectivity index (χ1v) is 40.2. The summed E-state index contributed by atoms with van der Waals surface area (Å²) >= 11 is 0. The average Bonchev–Trinajstić information content (AvgIpc) is 3.55. The Hall–Kier alpha value is -1.94. The van der Waals surface area contributed by atoms with Crippen LogP contribution in [0.25, 0.3) is 0 Å². The third-order valence-corrected chi connectivity index (χ3v) is 18.8. The van der Waals surface area contributed by atoms with Gasteiger partial charge in [0.2, 0.25) is 0 Å². The molecule has 19 heteroatoms. The molecule has 0 aliphatic heterocycles. The van der Waals surface area contributed by atoms with Crippen molar-refractivity contribution in [1.82, 2.24) is 0 Å². The van der Waals surface area contributed by atoms with Crippen LogP contribution in [0.15, 0.2) is 0 Å². The smallest absolute Gasteiger partial charge is 0.462 e. The van der Waals surface area contributed by atoms with E-state index < -0.39 is 97.5 Å². The van der Waals surface area contributed by atoms with Crippen LogP contribution in [0.1, 0.15) is 357 Å². The first-order chi connectivity index (χ1) is 43.6. The van der Waals surface area contributed by atoms with Gasteiger partial charge >= 0.3 is 39.5 Å². The molecule has 17 nitrogen and oxygen atoms in total. The maximum absolute atomic E-state index is 13.0. The molecule has 4 unspecified atom stereocenters. The van der Waals surface area contributed by atoms with E-state index in [0.717, 1.165) is 114 Å². The lowest BCUT2D eigenvalue weighted by Gasteiger charge is -2.21. The van der Waals surface area contributed by atoms with Crippen LogP contribution >= 0.6 is 15.6 Å². The van der Waals surface area contributed by atoms with Crippen molar-refractivity contribution in [3.05, 3.63) is 0 Å². The molecule has 0 aromatic carbocycles. The fourth-order valence-corrected chi connectivity index (χ4v) is 12.4. The van der Waals surface area contributed by atoms with Crippen LogP contribution in [0.5, 0.6) is 0 Å². The van der Waals surface area contributed by atoms with Gasteiger partial charge in [0.1, 0.15) is 19.3 Å². The number of carbonyl (C=O) groups is 4. The summed E-state index contributed by atoms with van der Waals surface area (Å²) < 4.78 is 68.3. The van der Waals surface area contributed by atoms with E-state index in [-0.39, 0.29) is 25.7 Å². The number of ether oxygens (including phenoxy) is 4. The number of esters is 4. The molecule has 0 amide bonds. The van der Waals surface area contributed by atoms with E-state index in [1.807, 2.05) is 0 Å². The highest BCUT2D eigenvalue weighted by Gasteiger charge is 2.30. The Morgan fingerprint density at radius 1 is 0.308 bits per heavy atom. The summed E-state index contributed by atoms with van der Waals surface area (Å²) in [5.41, 5.74) is 0. The fourth-order valence-electron chi connectivity index (χ4n) is 10.8. The van der Waals surface area contributed by atoms with Crippen molar-refractivity contribution in [2.75, 3.05) is 39.6 Å². The van der Waals surface area contributed by atoms with E-state index in [9.17, 15) is 43.2 Å². The molecule has 3 N–H and O–H groups in total. The van der Waals surface area contributed by atoms with Gasteiger partial charge in [-0.05, 0) is 49.4 Å². The van der Waals surface area contributed by atoms with Crippen molar-refractivity contribution in [2.45, 2.75) is 375 Å². The van der Waals surface area contributed by atoms with Crippen molar-refractivity contribution < 1.29 is 80.2 Å². The molecule has 0 fully saturated rings. The zero-order valence-corrected chi connectivity index (χ0v) is 61.3. The van der Waals surface area contributed by atoms with E-state index in [0.29, 0.717) is 31.6 Å². The third kappa shape index (κ3) is 65.1. The Balaban J connectivity index is 5.23. The molecule has 0 saturated carbocycles. The van der Waals surface area contributed by atoms with Gasteiger partial charge < -0.3 is 33.8 Å². The maximum Gasteiger partial charge on any atom is 0.472 e. The Morgan fingerprint density at radius 2 is 0.527 bits per heavy atom. The number of aliphatic hydroxyl groups excluding tert-OH is 1. The van der Waals surface area contributed by atoms with Gasteiger partial charge in [0.15, 0.2) is 12.2 Å². The standard InChI is InChI=1S/C72H140O17P2/c1-9-65(8)51-43-35-30-31-39-47-55-72(77)89-68(59-83-70(75)53-45-37-29-23-26-34-42-50-64(6)7)61-87-91(80,81)85-57-66(73)56-84-90(78,79)86-60-67(88-71(76)54-46-38-28-22-18-14-16-20-25-33-41-49-63(4)5)58-82-69(74)52-44-36-27-21-17-13-11-10-12-15-19-24-32-40-48-62(2)3/h62-68,73H,9-61H2,1-8H3,(H,78,79)(H,80,81)/t65?,66?,67-,68-/m1/s1. The summed E-state index contributed by atoms with van der Waals surface area (Å²) in [6, 6.07) is 0. The first-order valence-electron chi connectivity index (χ1n) is 37.2. The molecule has 0 heterocycles. The van der Waals surface area contributed by atoms with E-state index in [4.69, 9.17) is 37.0 Å². The second-order valence-corrected chi connectivity index (χ2v) is 30.6. The highest BCUT2D eigenvalue weighted by molar-refractivity contribution is 7.47. The summed E-state index contributed by atoms with van der Waals surface area (Å²) in [5.74, 6) is 0.860. The van der Waals surface area contributed by atoms with Crippen molar-refractivity contribution in [2.24, 2.45) is 23.7 Å². The molecule has 91 heavy (non-hydrogen) atoms. The summed E-state index contributed by atoms with van der Waals surface area (Å²) in [4.78, 5) is 72.6. The lowest BCUT2D eigenvalue weighted by molar-refractivity contribution is -0.161. The Bertz CT molecular complexity index is 1800. The number of unbranched alkanes of at least 4 members (excludes halogenated alkanes) is 34. The summed E-state index contributed by atoms with van der Waals surface area (Å²) in [6.45, 7) is 14.1. The molecule has 0 aromatic heterocycles. The number of hydrogen-bond acceptors (Lipinski definition) is 15. The fraction of sp³-hybridized carbons (Fsp3) is 0.944. The minimum absolute atomic E-state index is 0.102. The molecular weight excluding hydrogens is 1200 g/mol. The third-order valence-electron chi connectivity index (χ3n) is 16.9. The van der Waals surface area contributed by atoms with Gasteiger partial charge in [0.05, 0.1) is 26.4 Å². The molecule has 0 spiro atoms. The number of carbonyl (C=O) groups excluding carboxylic acids is 4. The van der Waals surface area contributed by atoms with Crippen LogP contribution < -0.4 is 0 Å². The van der Waals surface area contributed by atoms with E-state index in [1.54, 1.807) is 0 Å². The number of phosphoric ester groups is 2. The Morgan fingerprint density at radius 3 is 0.780 bits per heavy atom. The van der Waals surface area contributed by atoms with E-state index in [1.165, 1.54) is 154 Å². The molecule has 540 valence electrons. The number of phosphoric acid groups is 2. The number of rotatable bonds is 69. The van der Waals surface area contributed by atoms with Crippen molar-refractivity contribution in [3.63, 3.8) is 0 Å². The molecule has 6 atom stereocenters. The van der Waals surface area contributed by atoms with Crippen LogP contribution in [0.2, 0.25) is 0 Å². The monoisotopic (exact) mass is 1340 g/mol. The van der Waals surface area contributed by atoms with Crippen LogP contribution in [0.3, 0.4) is 0 Å². The van der Waals surface area contributed by atoms with E-state index in [2.05, 4.69) is 55.4 Å². The lowest BCUT2D eigenvalue weighted by atomic mass is 10.00. The average molecular weight is 1340 g/mol. The van der Waals surface area contributed by atoms with Gasteiger partial charge in [-0.3, -0.25) is 37.3 Å². The molecule has 0 radical (unpaired) electrons. The van der Waals surface area contributed by atoms with Crippen molar-refractivity contribution in [3.8, 4) is 0 Å². The predicted molar refractivity (Wildman–Crippen MR) is 367 cm³/mol. The van der Waals surface area contributed by atoms with Crippen LogP contribution in [0.4, 0.5) is 0 Å². The zero-order valence-electron chi connectivity index (χ0n) is 59.5. The lowest BCUT2D eigenvalue weighted by Crippen LogP contribution is -2.30. The molecule has 0 bridgehead atoms. The summed E-state index contributed by atoms with van der Waals surface area (Å²) in [7, 11) is -9.90. The SMILES string of the molecule is CCC(C)CCCCCCCCC(=O)O[C@H](COC(=O)CCCCCCCCCC(C)C)COP(=O)(O)OCC(O)COP(=O)(O)OC[C@@H](COC(=O)CCCCCCCCCCCCCCCCC(C)C)OC(=O)CCCCCCCCCCCCCC(C)C. The Labute approximate surface area is 556 Å². The normalized spacial score (nSPS) is 14.5. The molecule has 0 aromatic rings. The summed E-state index contributed by atoms with van der Waals surface area (Å²) in [5, 5.41) is 10.6. The highest BCUT2D eigenvalue weighted by atomic mass is 31.2. The second kappa shape index (κ2) is 61.6. The van der Waals surface area contributed by atoms with Crippen molar-refractivity contribution in [1.29, 1.82) is 0 Å². The van der Waals surface area contributed by atoms with Gasteiger partial charge in [-0.15, -0.1) is 0 Å². The van der Waals surface area contributed by atoms with Crippen LogP contribution in [0, 0.1) is 23.7 Å². The first kappa shape index (κ1) is 89.1. The van der Waals surface area contributed by atoms with E-state index >= 15 is 0 Å². The van der Waals surface area contributed by atoms with Gasteiger partial charge in [0.25, 0.3) is 0 Å². The molecule has 0 rings (SSSR count). The minimum atomic E-state index is -4.95. The van der Waals surface area contributed by atoms with Gasteiger partial charge in [0, 0.05) is 25.7 Å². The largest absolute Gasteiger partial charge is 0.472 e. The number of aliphatic hydroxyl groups is 1. The minimum Gasteiger partial charge on any atom is -0.462 e. The maximum atomic E-state index is 13.0. The summed E-state index contributed by atoms with van der Waals surface area (Å²) in [6.07, 6.45) is 44.6. The van der Waals surface area contributed by atoms with Crippen molar-refractivity contribution >= 4 is 39.5 Å². The van der Waals surface area contributed by atoms with Crippen LogP contribution in [-0.2, 0) is 65.4 Å². The zero-order chi connectivity index (χ0) is 67.5. The molecular formula is C72H140O17P2. The van der Waals surface area contributed by atoms with Gasteiger partial charge in [-0.1, -0.05) is 306 Å². The van der Waals surface area contributed by atoms with Crippen LogP contribution in [-0.4, -0.2) is 96.7 Å². The number of hydrogen-bond donors (Lipinski definition) is 3. The molecule has 0 aliphatic rings.